The molecule has 1 amide bonds. The molecule has 104 valence electrons. The van der Waals surface area contributed by atoms with Crippen molar-refractivity contribution in [2.75, 3.05) is 26.3 Å². The Morgan fingerprint density at radius 2 is 2.21 bits per heavy atom. The number of carbonyl (C=O) groups is 1. The number of amides is 1. The van der Waals surface area contributed by atoms with Crippen molar-refractivity contribution in [3.8, 4) is 0 Å². The first-order valence-corrected chi connectivity index (χ1v) is 6.82. The number of hydrogen-bond donors (Lipinski definition) is 1. The number of ether oxygens (including phenoxy) is 1. The van der Waals surface area contributed by atoms with Gasteiger partial charge < -0.3 is 19.9 Å². The van der Waals surface area contributed by atoms with Gasteiger partial charge in [0, 0.05) is 45.2 Å². The van der Waals surface area contributed by atoms with E-state index in [1.807, 2.05) is 11.1 Å². The number of rotatable bonds is 2. The van der Waals surface area contributed by atoms with Crippen LogP contribution in [0, 0.1) is 5.41 Å². The highest BCUT2D eigenvalue weighted by Crippen LogP contribution is 2.32. The van der Waals surface area contributed by atoms with Crippen molar-refractivity contribution in [3.05, 3.63) is 18.2 Å². The van der Waals surface area contributed by atoms with E-state index < -0.39 is 5.41 Å². The highest BCUT2D eigenvalue weighted by molar-refractivity contribution is 5.83. The van der Waals surface area contributed by atoms with Gasteiger partial charge in [-0.05, 0) is 12.8 Å². The summed E-state index contributed by atoms with van der Waals surface area (Å²) in [6.07, 6.45) is 5.21. The highest BCUT2D eigenvalue weighted by atomic mass is 16.5. The van der Waals surface area contributed by atoms with Gasteiger partial charge in [-0.1, -0.05) is 0 Å². The maximum atomic E-state index is 12.8. The maximum absolute atomic E-state index is 12.8. The highest BCUT2D eigenvalue weighted by Gasteiger charge is 2.42. The van der Waals surface area contributed by atoms with Crippen molar-refractivity contribution in [1.82, 2.24) is 14.5 Å². The van der Waals surface area contributed by atoms with Crippen LogP contribution in [0.4, 0.5) is 0 Å². The Morgan fingerprint density at radius 1 is 1.42 bits per heavy atom. The van der Waals surface area contributed by atoms with Crippen LogP contribution in [0.15, 0.2) is 12.4 Å². The fraction of sp³-hybridized carbons (Fsp3) is 0.692. The van der Waals surface area contributed by atoms with Crippen LogP contribution in [0.1, 0.15) is 18.7 Å². The lowest BCUT2D eigenvalue weighted by atomic mass is 9.78. The summed E-state index contributed by atoms with van der Waals surface area (Å²) in [4.78, 5) is 19.0. The molecule has 6 nitrogen and oxygen atoms in total. The molecule has 1 aromatic rings. The second kappa shape index (κ2) is 4.94. The van der Waals surface area contributed by atoms with Crippen molar-refractivity contribution in [3.63, 3.8) is 0 Å². The van der Waals surface area contributed by atoms with Gasteiger partial charge in [-0.25, -0.2) is 4.98 Å². The molecule has 1 saturated heterocycles. The van der Waals surface area contributed by atoms with Gasteiger partial charge in [0.1, 0.15) is 5.82 Å². The molecule has 19 heavy (non-hydrogen) atoms. The molecule has 6 heteroatoms. The summed E-state index contributed by atoms with van der Waals surface area (Å²) in [5.74, 6) is 1.13. The summed E-state index contributed by atoms with van der Waals surface area (Å²) in [5, 5.41) is 0. The topological polar surface area (TPSA) is 73.4 Å². The summed E-state index contributed by atoms with van der Waals surface area (Å²) in [6.45, 7) is 3.81. The number of hydrogen-bond acceptors (Lipinski definition) is 4. The zero-order chi connectivity index (χ0) is 13.3. The van der Waals surface area contributed by atoms with Crippen LogP contribution in [-0.2, 0) is 22.6 Å². The van der Waals surface area contributed by atoms with Gasteiger partial charge in [0.2, 0.25) is 5.91 Å². The fourth-order valence-corrected chi connectivity index (χ4v) is 2.95. The molecule has 2 aliphatic rings. The summed E-state index contributed by atoms with van der Waals surface area (Å²) in [5.41, 5.74) is 5.47. The molecule has 0 unspecified atom stereocenters. The van der Waals surface area contributed by atoms with Gasteiger partial charge in [-0.3, -0.25) is 4.79 Å². The molecule has 0 atom stereocenters. The molecule has 0 radical (unpaired) electrons. The number of nitrogens with zero attached hydrogens (tertiary/aromatic N) is 3. The summed E-state index contributed by atoms with van der Waals surface area (Å²) in [6, 6.07) is 0. The second-order valence-corrected chi connectivity index (χ2v) is 5.36. The smallest absolute Gasteiger partial charge is 0.230 e. The molecule has 0 bridgehead atoms. The van der Waals surface area contributed by atoms with E-state index in [2.05, 4.69) is 9.55 Å². The van der Waals surface area contributed by atoms with E-state index in [0.29, 0.717) is 26.3 Å². The molecule has 0 aliphatic carbocycles. The van der Waals surface area contributed by atoms with Crippen LogP contribution < -0.4 is 5.73 Å². The Balaban J connectivity index is 1.77. The van der Waals surface area contributed by atoms with Crippen LogP contribution in [-0.4, -0.2) is 46.7 Å². The van der Waals surface area contributed by atoms with E-state index in [1.165, 1.54) is 0 Å². The summed E-state index contributed by atoms with van der Waals surface area (Å²) < 4.78 is 7.47. The number of fused-ring (bicyclic) bond motifs is 1. The maximum Gasteiger partial charge on any atom is 0.230 e. The van der Waals surface area contributed by atoms with E-state index in [0.717, 1.165) is 31.8 Å². The minimum Gasteiger partial charge on any atom is -0.381 e. The van der Waals surface area contributed by atoms with Crippen molar-refractivity contribution < 1.29 is 9.53 Å². The largest absolute Gasteiger partial charge is 0.381 e. The third-order valence-electron chi connectivity index (χ3n) is 4.33. The normalized spacial score (nSPS) is 22.1. The first kappa shape index (κ1) is 12.6. The van der Waals surface area contributed by atoms with Gasteiger partial charge in [-0.15, -0.1) is 0 Å². The van der Waals surface area contributed by atoms with Crippen molar-refractivity contribution in [1.29, 1.82) is 0 Å². The molecule has 0 saturated carbocycles. The Morgan fingerprint density at radius 3 is 2.95 bits per heavy atom. The Bertz CT molecular complexity index is 465. The molecular weight excluding hydrogens is 244 g/mol. The third kappa shape index (κ3) is 2.15. The van der Waals surface area contributed by atoms with Crippen LogP contribution in [0.5, 0.6) is 0 Å². The lowest BCUT2D eigenvalue weighted by molar-refractivity contribution is -0.148. The molecule has 3 rings (SSSR count). The minimum atomic E-state index is -0.424. The molecule has 2 aliphatic heterocycles. The predicted octanol–water partition coefficient (Wildman–Crippen LogP) is -0.0192. The molecule has 1 fully saturated rings. The van der Waals surface area contributed by atoms with Crippen LogP contribution >= 0.6 is 0 Å². The van der Waals surface area contributed by atoms with Crippen molar-refractivity contribution in [2.24, 2.45) is 11.1 Å². The van der Waals surface area contributed by atoms with Gasteiger partial charge in [0.25, 0.3) is 0 Å². The summed E-state index contributed by atoms with van der Waals surface area (Å²) >= 11 is 0. The Hall–Kier alpha value is -1.40. The zero-order valence-electron chi connectivity index (χ0n) is 11.0. The first-order chi connectivity index (χ1) is 9.25. The average Bonchev–Trinajstić information content (AvgIpc) is 2.94. The molecule has 1 aromatic heterocycles. The molecule has 0 aromatic carbocycles. The summed E-state index contributed by atoms with van der Waals surface area (Å²) in [7, 11) is 0. The quantitative estimate of drug-likeness (QED) is 0.815. The predicted molar refractivity (Wildman–Crippen MR) is 69.2 cm³/mol. The Labute approximate surface area is 112 Å². The van der Waals surface area contributed by atoms with Gasteiger partial charge in [0.15, 0.2) is 0 Å². The van der Waals surface area contributed by atoms with Gasteiger partial charge >= 0.3 is 0 Å². The Kier molecular flexibility index (Phi) is 3.28. The van der Waals surface area contributed by atoms with E-state index in [4.69, 9.17) is 10.5 Å². The van der Waals surface area contributed by atoms with E-state index in [9.17, 15) is 4.79 Å². The number of carbonyl (C=O) groups excluding carboxylic acids is 1. The number of imidazole rings is 1. The second-order valence-electron chi connectivity index (χ2n) is 5.36. The molecule has 0 spiro atoms. The van der Waals surface area contributed by atoms with Crippen LogP contribution in [0.25, 0.3) is 0 Å². The van der Waals surface area contributed by atoms with Crippen LogP contribution in [0.3, 0.4) is 0 Å². The molecule has 3 heterocycles. The molecule has 2 N–H and O–H groups in total. The van der Waals surface area contributed by atoms with E-state index in [1.54, 1.807) is 6.20 Å². The third-order valence-corrected chi connectivity index (χ3v) is 4.33. The average molecular weight is 264 g/mol. The monoisotopic (exact) mass is 264 g/mol. The first-order valence-electron chi connectivity index (χ1n) is 6.82. The molecular formula is C13H20N4O2. The lowest BCUT2D eigenvalue weighted by Crippen LogP contribution is -2.52. The lowest BCUT2D eigenvalue weighted by Gasteiger charge is -2.40. The van der Waals surface area contributed by atoms with Crippen LogP contribution in [0.2, 0.25) is 0 Å². The number of aromatic nitrogens is 2. The van der Waals surface area contributed by atoms with Crippen molar-refractivity contribution >= 4 is 5.91 Å². The SMILES string of the molecule is NCC1(C(=O)N2CCn3ccnc3C2)CCOCC1. The van der Waals surface area contributed by atoms with E-state index >= 15 is 0 Å². The van der Waals surface area contributed by atoms with E-state index in [-0.39, 0.29) is 5.91 Å². The number of nitrogens with two attached hydrogens (primary N) is 1. The standard InChI is InChI=1S/C13H20N4O2/c14-10-13(1-7-19-8-2-13)12(18)17-6-5-16-4-3-15-11(16)9-17/h3-4H,1-2,5-10,14H2. The fourth-order valence-electron chi connectivity index (χ4n) is 2.95. The van der Waals surface area contributed by atoms with Crippen molar-refractivity contribution in [2.45, 2.75) is 25.9 Å². The van der Waals surface area contributed by atoms with Gasteiger partial charge in [0.05, 0.1) is 12.0 Å². The van der Waals surface area contributed by atoms with Gasteiger partial charge in [-0.2, -0.15) is 0 Å². The minimum absolute atomic E-state index is 0.174. The zero-order valence-corrected chi connectivity index (χ0v) is 11.0.